The lowest BCUT2D eigenvalue weighted by Crippen LogP contribution is -1.21. The molecule has 0 amide bonds. The molecule has 0 unspecified atom stereocenters. The molecule has 0 spiro atoms. The summed E-state index contributed by atoms with van der Waals surface area (Å²) in [5.74, 6) is 0. The second-order valence-electron chi connectivity index (χ2n) is 0.0583. The molecule has 0 aromatic rings. The summed E-state index contributed by atoms with van der Waals surface area (Å²) in [4.78, 5) is 0. The van der Waals surface area contributed by atoms with Crippen LogP contribution in [0, 0.1) is 0 Å². The molecule has 0 aliphatic carbocycles. The van der Waals surface area contributed by atoms with Crippen LogP contribution in [0.2, 0.25) is 0 Å². The molecule has 0 atom stereocenters. The average molecular weight is 86.5 g/mol. The predicted molar refractivity (Wildman–Crippen MR) is 14.8 cm³/mol. The Morgan fingerprint density at radius 3 is 1.75 bits per heavy atom. The number of hydrogen-bond donors (Lipinski definition) is 0. The lowest BCUT2D eigenvalue weighted by atomic mass is 12.0. The van der Waals surface area contributed by atoms with E-state index >= 15 is 0 Å². The first-order valence-corrected chi connectivity index (χ1v) is 0.617. The Hall–Kier alpha value is 0.180. The first-order chi connectivity index (χ1) is 1.41. The zero-order valence-corrected chi connectivity index (χ0v) is 1.92. The smallest absolute Gasteiger partial charge is 0.0776 e. The third-order valence-corrected chi connectivity index (χ3v) is 0. The second kappa shape index (κ2) is 10.9. The van der Waals surface area contributed by atoms with Crippen LogP contribution in [0.1, 0.15) is 7.43 Å². The third kappa shape index (κ3) is 93.7. The van der Waals surface area contributed by atoms with Gasteiger partial charge in [0.2, 0.25) is 0 Å². The predicted octanol–water partition coefficient (Wildman–Crippen LogP) is 1.68. The van der Waals surface area contributed by atoms with Gasteiger partial charge in [-0.2, -0.15) is 0 Å². The minimum absolute atomic E-state index is 0. The Morgan fingerprint density at radius 2 is 1.75 bits per heavy atom. The molecule has 28 valence electrons. The van der Waals surface area contributed by atoms with Crippen LogP contribution in [0.25, 0.3) is 0 Å². The zero-order valence-electron chi connectivity index (χ0n) is 1.16. The summed E-state index contributed by atoms with van der Waals surface area (Å²) in [6, 6.07) is 0. The highest BCUT2D eigenvalue weighted by molar-refractivity contribution is 6.06. The van der Waals surface area contributed by atoms with Crippen molar-refractivity contribution in [3.05, 3.63) is 0 Å². The van der Waals surface area contributed by atoms with Gasteiger partial charge in [-0.1, -0.05) is 11.9 Å². The molecule has 0 aliphatic heterocycles. The fourth-order valence-corrected chi connectivity index (χ4v) is 0. The van der Waals surface area contributed by atoms with Gasteiger partial charge in [0, 0.05) is 0 Å². The molecular weight excluding hydrogens is 82.5 g/mol. The number of rotatable bonds is 0. The quantitative estimate of drug-likeness (QED) is 0.436. The van der Waals surface area contributed by atoms with E-state index in [1.165, 1.54) is 0 Å². The Balaban J connectivity index is 0. The van der Waals surface area contributed by atoms with Gasteiger partial charge in [0.25, 0.3) is 0 Å². The molecule has 0 bridgehead atoms. The van der Waals surface area contributed by atoms with Crippen molar-refractivity contribution in [3.8, 4) is 0 Å². The molecular formula is CH4ClFO. The SMILES string of the molecule is C.FOCl. The fourth-order valence-electron chi connectivity index (χ4n) is 0. The second-order valence-corrected chi connectivity index (χ2v) is 0.175. The molecule has 0 aliphatic rings. The highest BCUT2D eigenvalue weighted by Gasteiger charge is 1.40. The number of hydrogen-bond acceptors (Lipinski definition) is 1. The van der Waals surface area contributed by atoms with Crippen LogP contribution in [-0.2, 0) is 4.49 Å². The monoisotopic (exact) mass is 86.0 g/mol. The molecule has 0 saturated carbocycles. The lowest BCUT2D eigenvalue weighted by Gasteiger charge is -1.44. The molecule has 0 saturated heterocycles. The van der Waals surface area contributed by atoms with Gasteiger partial charge in [0.15, 0.2) is 0 Å². The summed E-state index contributed by atoms with van der Waals surface area (Å²) < 4.78 is 11.8. The van der Waals surface area contributed by atoms with Crippen molar-refractivity contribution >= 4 is 11.9 Å². The van der Waals surface area contributed by atoms with E-state index in [0.717, 1.165) is 0 Å². The van der Waals surface area contributed by atoms with Gasteiger partial charge >= 0.3 is 0 Å². The Labute approximate surface area is 29.4 Å². The number of halogens is 2. The van der Waals surface area contributed by atoms with Gasteiger partial charge in [-0.25, -0.2) is 0 Å². The van der Waals surface area contributed by atoms with Crippen molar-refractivity contribution in [1.29, 1.82) is 0 Å². The van der Waals surface area contributed by atoms with Crippen molar-refractivity contribution in [2.75, 3.05) is 0 Å². The van der Waals surface area contributed by atoms with Gasteiger partial charge < -0.3 is 0 Å². The van der Waals surface area contributed by atoms with Gasteiger partial charge in [0.05, 0.1) is 0 Å². The van der Waals surface area contributed by atoms with E-state index < -0.39 is 0 Å². The average Bonchev–Trinajstić information content (AvgIpc) is 0.918. The van der Waals surface area contributed by atoms with E-state index in [1.54, 1.807) is 0 Å². The molecule has 0 rings (SSSR count). The van der Waals surface area contributed by atoms with Crippen LogP contribution in [-0.4, -0.2) is 0 Å². The van der Waals surface area contributed by atoms with Crippen molar-refractivity contribution in [1.82, 2.24) is 0 Å². The highest BCUT2D eigenvalue weighted by Crippen LogP contribution is 1.70. The van der Waals surface area contributed by atoms with Crippen LogP contribution < -0.4 is 0 Å². The summed E-state index contributed by atoms with van der Waals surface area (Å²) >= 11 is 3.83. The van der Waals surface area contributed by atoms with Crippen LogP contribution in [0.5, 0.6) is 0 Å². The molecule has 3 heteroatoms. The van der Waals surface area contributed by atoms with Crippen LogP contribution in [0.3, 0.4) is 0 Å². The summed E-state index contributed by atoms with van der Waals surface area (Å²) in [6.45, 7) is 0. The van der Waals surface area contributed by atoms with E-state index in [-0.39, 0.29) is 7.43 Å². The van der Waals surface area contributed by atoms with E-state index in [9.17, 15) is 4.53 Å². The van der Waals surface area contributed by atoms with Gasteiger partial charge in [-0.05, 0) is 4.53 Å². The molecule has 0 fully saturated rings. The zero-order chi connectivity index (χ0) is 2.71. The van der Waals surface area contributed by atoms with E-state index in [0.29, 0.717) is 0 Å². The minimum Gasteiger partial charge on any atom is -0.0776 e. The van der Waals surface area contributed by atoms with Crippen molar-refractivity contribution in [3.63, 3.8) is 0 Å². The molecule has 0 aromatic carbocycles. The van der Waals surface area contributed by atoms with Crippen LogP contribution in [0.15, 0.2) is 0 Å². The Bertz CT molecular complexity index is 8.00. The van der Waals surface area contributed by atoms with Gasteiger partial charge in [-0.15, -0.1) is 0 Å². The minimum atomic E-state index is 0. The standard InChI is InChI=1S/CH4.ClFO/c;1-3-2/h1H4;. The molecule has 1 nitrogen and oxygen atoms in total. The van der Waals surface area contributed by atoms with Crippen molar-refractivity contribution < 1.29 is 9.02 Å². The maximum Gasteiger partial charge on any atom is 0.106 e. The largest absolute Gasteiger partial charge is 0.106 e. The van der Waals surface area contributed by atoms with Gasteiger partial charge in [0.1, 0.15) is 11.9 Å². The molecule has 0 N–H and O–H groups in total. The van der Waals surface area contributed by atoms with Crippen LogP contribution in [0.4, 0.5) is 4.53 Å². The van der Waals surface area contributed by atoms with Crippen molar-refractivity contribution in [2.45, 2.75) is 7.43 Å². The molecule has 0 radical (unpaired) electrons. The fraction of sp³-hybridized carbons (Fsp3) is 1.00. The summed E-state index contributed by atoms with van der Waals surface area (Å²) in [5.41, 5.74) is 0. The third-order valence-electron chi connectivity index (χ3n) is 0. The summed E-state index contributed by atoms with van der Waals surface area (Å²) in [7, 11) is 0. The van der Waals surface area contributed by atoms with E-state index in [4.69, 9.17) is 0 Å². The maximum atomic E-state index is 9.56. The topological polar surface area (TPSA) is 9.23 Å². The lowest BCUT2D eigenvalue weighted by molar-refractivity contribution is 0.00645. The first kappa shape index (κ1) is 8.89. The van der Waals surface area contributed by atoms with Crippen LogP contribution >= 0.6 is 11.9 Å². The molecule has 0 aromatic heterocycles. The normalized spacial score (nSPS) is 4.50. The first-order valence-electron chi connectivity index (χ1n) is 0.309. The Kier molecular flexibility index (Phi) is 24.1. The van der Waals surface area contributed by atoms with Crippen molar-refractivity contribution in [2.24, 2.45) is 0 Å². The maximum absolute atomic E-state index is 9.56. The Morgan fingerprint density at radius 1 is 1.75 bits per heavy atom. The highest BCUT2D eigenvalue weighted by atomic mass is 35.5. The van der Waals surface area contributed by atoms with E-state index in [2.05, 4.69) is 16.4 Å². The van der Waals surface area contributed by atoms with E-state index in [1.807, 2.05) is 0 Å². The molecule has 0 heterocycles. The molecule has 4 heavy (non-hydrogen) atoms. The summed E-state index contributed by atoms with van der Waals surface area (Å²) in [5, 5.41) is 0. The van der Waals surface area contributed by atoms with Gasteiger partial charge in [-0.3, -0.25) is 0 Å². The summed E-state index contributed by atoms with van der Waals surface area (Å²) in [6.07, 6.45) is 0.